The van der Waals surface area contributed by atoms with Gasteiger partial charge in [0, 0.05) is 31.3 Å². The number of nitro groups is 1. The molecule has 9 nitrogen and oxygen atoms in total. The number of nitrogens with one attached hydrogen (secondary N) is 1. The first-order chi connectivity index (χ1) is 15.0. The fourth-order valence-corrected chi connectivity index (χ4v) is 3.93. The van der Waals surface area contributed by atoms with Gasteiger partial charge in [0.1, 0.15) is 0 Å². The van der Waals surface area contributed by atoms with E-state index < -0.39 is 4.92 Å². The van der Waals surface area contributed by atoms with Gasteiger partial charge in [-0.3, -0.25) is 19.8 Å². The highest BCUT2D eigenvalue weighted by Gasteiger charge is 2.25. The predicted molar refractivity (Wildman–Crippen MR) is 115 cm³/mol. The lowest BCUT2D eigenvalue weighted by Gasteiger charge is -2.33. The first-order valence-corrected chi connectivity index (χ1v) is 10.3. The number of hydrogen-bond donors (Lipinski definition) is 1. The van der Waals surface area contributed by atoms with E-state index in [1.165, 1.54) is 22.4 Å². The molecule has 1 saturated heterocycles. The summed E-state index contributed by atoms with van der Waals surface area (Å²) in [5.74, 6) is -0.277. The number of rotatable bonds is 6. The summed E-state index contributed by atoms with van der Waals surface area (Å²) in [6.45, 7) is 4.37. The third-order valence-corrected chi connectivity index (χ3v) is 5.48. The zero-order valence-corrected chi connectivity index (χ0v) is 17.3. The second kappa shape index (κ2) is 9.05. The number of carbonyl (C=O) groups excluding carboxylic acids is 1. The van der Waals surface area contributed by atoms with Crippen LogP contribution < -0.4 is 5.32 Å². The Balaban J connectivity index is 1.43. The number of hydrogen-bond acceptors (Lipinski definition) is 6. The van der Waals surface area contributed by atoms with Crippen LogP contribution in [0.4, 0.5) is 5.69 Å². The van der Waals surface area contributed by atoms with Crippen LogP contribution in [-0.2, 0) is 6.54 Å². The van der Waals surface area contributed by atoms with Gasteiger partial charge in [0.05, 0.1) is 16.3 Å². The maximum absolute atomic E-state index is 12.9. The topological polar surface area (TPSA) is 106 Å². The molecule has 1 fully saturated rings. The van der Waals surface area contributed by atoms with Gasteiger partial charge >= 0.3 is 0 Å². The van der Waals surface area contributed by atoms with Crippen LogP contribution in [0.5, 0.6) is 0 Å². The van der Waals surface area contributed by atoms with Gasteiger partial charge in [-0.05, 0) is 37.9 Å². The molecule has 0 saturated carbocycles. The fraction of sp³-hybridized carbons (Fsp3) is 0.318. The number of nitro benzene ring substituents is 1. The van der Waals surface area contributed by atoms with E-state index in [4.69, 9.17) is 0 Å². The second-order valence-electron chi connectivity index (χ2n) is 7.75. The van der Waals surface area contributed by atoms with E-state index in [2.05, 4.69) is 32.7 Å². The van der Waals surface area contributed by atoms with Gasteiger partial charge in [-0.15, -0.1) is 5.10 Å². The summed E-state index contributed by atoms with van der Waals surface area (Å²) < 4.78 is 1.45. The zero-order chi connectivity index (χ0) is 21.8. The molecule has 4 rings (SSSR count). The molecule has 0 bridgehead atoms. The van der Waals surface area contributed by atoms with Crippen molar-refractivity contribution in [3.05, 3.63) is 81.7 Å². The van der Waals surface area contributed by atoms with Gasteiger partial charge in [0.15, 0.2) is 5.69 Å². The molecule has 1 amide bonds. The number of amides is 1. The molecule has 1 N–H and O–H groups in total. The Labute approximate surface area is 179 Å². The molecule has 9 heteroatoms. The molecular formula is C22H24N6O3. The summed E-state index contributed by atoms with van der Waals surface area (Å²) in [5, 5.41) is 22.2. The lowest BCUT2D eigenvalue weighted by Crippen LogP contribution is -2.47. The van der Waals surface area contributed by atoms with E-state index in [0.717, 1.165) is 32.5 Å². The van der Waals surface area contributed by atoms with Crippen molar-refractivity contribution in [3.8, 4) is 5.69 Å². The maximum Gasteiger partial charge on any atom is 0.274 e. The second-order valence-corrected chi connectivity index (χ2v) is 7.75. The number of piperidine rings is 1. The molecule has 31 heavy (non-hydrogen) atoms. The normalized spacial score (nSPS) is 16.7. The van der Waals surface area contributed by atoms with Gasteiger partial charge in [-0.1, -0.05) is 41.6 Å². The average Bonchev–Trinajstić information content (AvgIpc) is 3.16. The molecule has 0 spiro atoms. The van der Waals surface area contributed by atoms with Crippen LogP contribution in [0, 0.1) is 17.0 Å². The third-order valence-electron chi connectivity index (χ3n) is 5.48. The Morgan fingerprint density at radius 1 is 1.23 bits per heavy atom. The minimum Gasteiger partial charge on any atom is -0.347 e. The predicted octanol–water partition coefficient (Wildman–Crippen LogP) is 2.88. The van der Waals surface area contributed by atoms with E-state index in [0.29, 0.717) is 11.4 Å². The summed E-state index contributed by atoms with van der Waals surface area (Å²) in [7, 11) is 0. The van der Waals surface area contributed by atoms with Gasteiger partial charge in [0.2, 0.25) is 0 Å². The van der Waals surface area contributed by atoms with Crippen LogP contribution in [0.1, 0.15) is 34.6 Å². The Hall–Kier alpha value is -3.59. The van der Waals surface area contributed by atoms with Crippen LogP contribution in [0.15, 0.2) is 54.6 Å². The Morgan fingerprint density at radius 2 is 2.03 bits per heavy atom. The van der Waals surface area contributed by atoms with Crippen LogP contribution >= 0.6 is 0 Å². The first-order valence-electron chi connectivity index (χ1n) is 10.3. The molecule has 1 atom stereocenters. The van der Waals surface area contributed by atoms with E-state index in [-0.39, 0.29) is 23.3 Å². The van der Waals surface area contributed by atoms with E-state index in [1.54, 1.807) is 19.1 Å². The van der Waals surface area contributed by atoms with Crippen LogP contribution in [-0.4, -0.2) is 49.9 Å². The van der Waals surface area contributed by atoms with Crippen molar-refractivity contribution in [1.29, 1.82) is 0 Å². The summed E-state index contributed by atoms with van der Waals surface area (Å²) in [6, 6.07) is 16.4. The minimum atomic E-state index is -0.465. The fourth-order valence-electron chi connectivity index (χ4n) is 3.93. The van der Waals surface area contributed by atoms with E-state index in [1.807, 2.05) is 18.2 Å². The molecule has 0 aliphatic carbocycles. The summed E-state index contributed by atoms with van der Waals surface area (Å²) in [6.07, 6.45) is 1.92. The lowest BCUT2D eigenvalue weighted by atomic mass is 10.0. The van der Waals surface area contributed by atoms with Crippen LogP contribution in [0.25, 0.3) is 5.69 Å². The van der Waals surface area contributed by atoms with Gasteiger partial charge < -0.3 is 5.32 Å². The number of non-ortho nitro benzene ring substituents is 1. The average molecular weight is 420 g/mol. The molecule has 3 aromatic rings. The third kappa shape index (κ3) is 4.77. The van der Waals surface area contributed by atoms with Crippen LogP contribution in [0.2, 0.25) is 0 Å². The van der Waals surface area contributed by atoms with Crippen molar-refractivity contribution >= 4 is 11.6 Å². The van der Waals surface area contributed by atoms with Crippen molar-refractivity contribution in [1.82, 2.24) is 25.2 Å². The Kier molecular flexibility index (Phi) is 6.03. The minimum absolute atomic E-state index is 0.0346. The molecule has 1 aliphatic rings. The SMILES string of the molecule is Cc1c(C(=O)NC2CCCN(Cc3ccccc3)C2)nnn1-c1cccc([N+](=O)[O-])c1. The molecule has 0 radical (unpaired) electrons. The Bertz CT molecular complexity index is 1080. The number of benzene rings is 2. The summed E-state index contributed by atoms with van der Waals surface area (Å²) in [5.41, 5.74) is 2.47. The van der Waals surface area contributed by atoms with E-state index in [9.17, 15) is 14.9 Å². The number of nitrogens with zero attached hydrogens (tertiary/aromatic N) is 5. The van der Waals surface area contributed by atoms with Crippen molar-refractivity contribution in [2.24, 2.45) is 0 Å². The summed E-state index contributed by atoms with van der Waals surface area (Å²) >= 11 is 0. The quantitative estimate of drug-likeness (QED) is 0.485. The number of aromatic nitrogens is 3. The van der Waals surface area contributed by atoms with Gasteiger partial charge in [-0.2, -0.15) is 0 Å². The molecule has 2 heterocycles. The van der Waals surface area contributed by atoms with Crippen molar-refractivity contribution in [2.45, 2.75) is 32.4 Å². The largest absolute Gasteiger partial charge is 0.347 e. The number of likely N-dealkylation sites (tertiary alicyclic amines) is 1. The van der Waals surface area contributed by atoms with Crippen LogP contribution in [0.3, 0.4) is 0 Å². The first kappa shape index (κ1) is 20.7. The maximum atomic E-state index is 12.9. The summed E-state index contributed by atoms with van der Waals surface area (Å²) in [4.78, 5) is 25.8. The highest BCUT2D eigenvalue weighted by molar-refractivity contribution is 5.93. The lowest BCUT2D eigenvalue weighted by molar-refractivity contribution is -0.384. The Morgan fingerprint density at radius 3 is 2.81 bits per heavy atom. The van der Waals surface area contributed by atoms with Crippen molar-refractivity contribution in [2.75, 3.05) is 13.1 Å². The van der Waals surface area contributed by atoms with Crippen molar-refractivity contribution in [3.63, 3.8) is 0 Å². The molecule has 160 valence electrons. The molecule has 1 aliphatic heterocycles. The van der Waals surface area contributed by atoms with Crippen molar-refractivity contribution < 1.29 is 9.72 Å². The van der Waals surface area contributed by atoms with Gasteiger partial charge in [-0.25, -0.2) is 4.68 Å². The molecule has 1 unspecified atom stereocenters. The van der Waals surface area contributed by atoms with Gasteiger partial charge in [0.25, 0.3) is 11.6 Å². The highest BCUT2D eigenvalue weighted by Crippen LogP contribution is 2.19. The number of carbonyl (C=O) groups is 1. The molecular weight excluding hydrogens is 396 g/mol. The molecule has 2 aromatic carbocycles. The molecule has 1 aromatic heterocycles. The smallest absolute Gasteiger partial charge is 0.274 e. The zero-order valence-electron chi connectivity index (χ0n) is 17.3. The monoisotopic (exact) mass is 420 g/mol. The highest BCUT2D eigenvalue weighted by atomic mass is 16.6. The standard InChI is InChI=1S/C22H24N6O3/c1-16-21(24-25-27(16)19-10-5-11-20(13-19)28(30)31)22(29)23-18-9-6-12-26(15-18)14-17-7-3-2-4-8-17/h2-5,7-8,10-11,13,18H,6,9,12,14-15H2,1H3,(H,23,29). The van der Waals surface area contributed by atoms with E-state index >= 15 is 0 Å².